The van der Waals surface area contributed by atoms with E-state index in [0.29, 0.717) is 0 Å². The van der Waals surface area contributed by atoms with Crippen LogP contribution in [0.25, 0.3) is 0 Å². The van der Waals surface area contributed by atoms with Gasteiger partial charge in [-0.3, -0.25) is 0 Å². The topological polar surface area (TPSA) is 37.8 Å². The summed E-state index contributed by atoms with van der Waals surface area (Å²) in [4.78, 5) is 1.20. The van der Waals surface area contributed by atoms with Crippen molar-refractivity contribution in [3.05, 3.63) is 45.5 Å². The molecule has 3 nitrogen and oxygen atoms in total. The highest BCUT2D eigenvalue weighted by atomic mass is 32.1. The molecule has 0 saturated heterocycles. The summed E-state index contributed by atoms with van der Waals surface area (Å²) < 4.78 is 4.02. The van der Waals surface area contributed by atoms with E-state index >= 15 is 0 Å². The fourth-order valence-electron chi connectivity index (χ4n) is 2.02. The molecule has 0 aliphatic carbocycles. The minimum atomic E-state index is 0.190. The number of aromatic nitrogens is 2. The van der Waals surface area contributed by atoms with Crippen LogP contribution in [0.5, 0.6) is 0 Å². The van der Waals surface area contributed by atoms with Gasteiger partial charge in [0.25, 0.3) is 0 Å². The van der Waals surface area contributed by atoms with Crippen LogP contribution >= 0.6 is 11.5 Å². The number of rotatable bonds is 3. The van der Waals surface area contributed by atoms with Gasteiger partial charge in [-0.25, -0.2) is 0 Å². The van der Waals surface area contributed by atoms with E-state index in [9.17, 15) is 0 Å². The Morgan fingerprint density at radius 3 is 2.59 bits per heavy atom. The van der Waals surface area contributed by atoms with Crippen LogP contribution in [0.4, 0.5) is 0 Å². The molecule has 1 unspecified atom stereocenters. The van der Waals surface area contributed by atoms with Crippen molar-refractivity contribution < 1.29 is 0 Å². The number of nitrogens with zero attached hydrogens (tertiary/aromatic N) is 2. The first-order chi connectivity index (χ1) is 8.15. The minimum absolute atomic E-state index is 0.190. The molecule has 2 rings (SSSR count). The van der Waals surface area contributed by atoms with Crippen LogP contribution in [-0.4, -0.2) is 16.6 Å². The first kappa shape index (κ1) is 12.2. The molecule has 0 saturated carbocycles. The van der Waals surface area contributed by atoms with Crippen molar-refractivity contribution in [2.75, 3.05) is 7.05 Å². The summed E-state index contributed by atoms with van der Waals surface area (Å²) in [6.45, 7) is 6.32. The summed E-state index contributed by atoms with van der Waals surface area (Å²) in [5.74, 6) is 0. The van der Waals surface area contributed by atoms with Gasteiger partial charge < -0.3 is 5.32 Å². The first-order valence-corrected chi connectivity index (χ1v) is 6.44. The molecule has 0 amide bonds. The molecule has 90 valence electrons. The van der Waals surface area contributed by atoms with Crippen molar-refractivity contribution in [2.24, 2.45) is 0 Å². The molecule has 2 aromatic rings. The van der Waals surface area contributed by atoms with Crippen molar-refractivity contribution in [3.8, 4) is 0 Å². The van der Waals surface area contributed by atoms with E-state index in [4.69, 9.17) is 0 Å². The lowest BCUT2D eigenvalue weighted by Crippen LogP contribution is -2.18. The molecule has 1 aromatic carbocycles. The molecule has 0 spiro atoms. The van der Waals surface area contributed by atoms with E-state index in [1.807, 2.05) is 14.0 Å². The number of hydrogen-bond acceptors (Lipinski definition) is 4. The second kappa shape index (κ2) is 4.94. The summed E-state index contributed by atoms with van der Waals surface area (Å²) in [7, 11) is 1.98. The van der Waals surface area contributed by atoms with Crippen molar-refractivity contribution in [1.82, 2.24) is 14.9 Å². The molecule has 0 aliphatic rings. The fourth-order valence-corrected chi connectivity index (χ4v) is 2.79. The standard InChI is InChI=1S/C13H17N3S/c1-8-6-5-7-11(9(8)2)12(14-4)13-10(3)15-16-17-13/h5-7,12,14H,1-4H3. The van der Waals surface area contributed by atoms with Crippen molar-refractivity contribution in [3.63, 3.8) is 0 Å². The minimum Gasteiger partial charge on any atom is -0.309 e. The van der Waals surface area contributed by atoms with Gasteiger partial charge >= 0.3 is 0 Å². The van der Waals surface area contributed by atoms with Gasteiger partial charge in [-0.15, -0.1) is 5.10 Å². The highest BCUT2D eigenvalue weighted by Crippen LogP contribution is 2.29. The third-order valence-corrected chi connectivity index (χ3v) is 4.09. The Morgan fingerprint density at radius 1 is 1.24 bits per heavy atom. The quantitative estimate of drug-likeness (QED) is 0.906. The van der Waals surface area contributed by atoms with Gasteiger partial charge in [0.1, 0.15) is 0 Å². The van der Waals surface area contributed by atoms with Gasteiger partial charge in [-0.1, -0.05) is 22.7 Å². The van der Waals surface area contributed by atoms with Gasteiger partial charge in [-0.2, -0.15) is 0 Å². The second-order valence-electron chi connectivity index (χ2n) is 4.23. The zero-order valence-corrected chi connectivity index (χ0v) is 11.4. The molecule has 0 bridgehead atoms. The third kappa shape index (κ3) is 2.23. The number of nitrogens with one attached hydrogen (secondary N) is 1. The average Bonchev–Trinajstić information content (AvgIpc) is 2.72. The molecule has 1 N–H and O–H groups in total. The summed E-state index contributed by atoms with van der Waals surface area (Å²) in [5, 5.41) is 7.45. The molecule has 1 atom stereocenters. The zero-order valence-electron chi connectivity index (χ0n) is 10.6. The van der Waals surface area contributed by atoms with Crippen LogP contribution in [-0.2, 0) is 0 Å². The highest BCUT2D eigenvalue weighted by Gasteiger charge is 2.19. The third-order valence-electron chi connectivity index (χ3n) is 3.19. The maximum absolute atomic E-state index is 4.09. The Hall–Kier alpha value is -1.26. The van der Waals surface area contributed by atoms with E-state index in [1.165, 1.54) is 33.1 Å². The summed E-state index contributed by atoms with van der Waals surface area (Å²) >= 11 is 1.47. The lowest BCUT2D eigenvalue weighted by atomic mass is 9.96. The molecule has 0 fully saturated rings. The van der Waals surface area contributed by atoms with Gasteiger partial charge in [0.2, 0.25) is 0 Å². The van der Waals surface area contributed by atoms with E-state index in [-0.39, 0.29) is 6.04 Å². The van der Waals surface area contributed by atoms with Crippen LogP contribution in [0.15, 0.2) is 18.2 Å². The summed E-state index contributed by atoms with van der Waals surface area (Å²) in [5.41, 5.74) is 4.97. The van der Waals surface area contributed by atoms with Crippen molar-refractivity contribution >= 4 is 11.5 Å². The second-order valence-corrected chi connectivity index (χ2v) is 5.02. The monoisotopic (exact) mass is 247 g/mol. The van der Waals surface area contributed by atoms with Gasteiger partial charge in [0, 0.05) is 0 Å². The van der Waals surface area contributed by atoms with E-state index in [0.717, 1.165) is 5.69 Å². The number of benzene rings is 1. The predicted molar refractivity (Wildman–Crippen MR) is 71.5 cm³/mol. The van der Waals surface area contributed by atoms with E-state index < -0.39 is 0 Å². The van der Waals surface area contributed by atoms with Crippen molar-refractivity contribution in [1.29, 1.82) is 0 Å². The van der Waals surface area contributed by atoms with Gasteiger partial charge in [-0.05, 0) is 56.0 Å². The Kier molecular flexibility index (Phi) is 3.54. The van der Waals surface area contributed by atoms with Crippen molar-refractivity contribution in [2.45, 2.75) is 26.8 Å². The first-order valence-electron chi connectivity index (χ1n) is 5.67. The van der Waals surface area contributed by atoms with Gasteiger partial charge in [0.15, 0.2) is 0 Å². The van der Waals surface area contributed by atoms with Gasteiger partial charge in [0.05, 0.1) is 16.6 Å². The molecule has 4 heteroatoms. The summed E-state index contributed by atoms with van der Waals surface area (Å²) in [6, 6.07) is 6.60. The SMILES string of the molecule is CNC(c1cccc(C)c1C)c1snnc1C. The van der Waals surface area contributed by atoms with Crippen LogP contribution in [0, 0.1) is 20.8 Å². The highest BCUT2D eigenvalue weighted by molar-refractivity contribution is 7.05. The lowest BCUT2D eigenvalue weighted by molar-refractivity contribution is 0.692. The predicted octanol–water partition coefficient (Wildman–Crippen LogP) is 2.77. The maximum Gasteiger partial charge on any atom is 0.0776 e. The normalized spacial score (nSPS) is 12.7. The maximum atomic E-state index is 4.09. The average molecular weight is 247 g/mol. The molecule has 0 radical (unpaired) electrons. The fraction of sp³-hybridized carbons (Fsp3) is 0.385. The van der Waals surface area contributed by atoms with Crippen LogP contribution in [0.3, 0.4) is 0 Å². The Labute approximate surface area is 106 Å². The molecular formula is C13H17N3S. The number of hydrogen-bond donors (Lipinski definition) is 1. The Morgan fingerprint density at radius 2 is 2.00 bits per heavy atom. The molecule has 1 aromatic heterocycles. The van der Waals surface area contributed by atoms with E-state index in [1.54, 1.807) is 0 Å². The lowest BCUT2D eigenvalue weighted by Gasteiger charge is -2.18. The molecular weight excluding hydrogens is 230 g/mol. The molecule has 0 aliphatic heterocycles. The zero-order chi connectivity index (χ0) is 12.4. The van der Waals surface area contributed by atoms with Crippen LogP contribution < -0.4 is 5.32 Å². The molecule has 1 heterocycles. The largest absolute Gasteiger partial charge is 0.309 e. The smallest absolute Gasteiger partial charge is 0.0776 e. The Balaban J connectivity index is 2.50. The number of aryl methyl sites for hydroxylation is 2. The molecule has 17 heavy (non-hydrogen) atoms. The summed E-state index contributed by atoms with van der Waals surface area (Å²) in [6.07, 6.45) is 0. The van der Waals surface area contributed by atoms with Crippen LogP contribution in [0.1, 0.15) is 33.3 Å². The van der Waals surface area contributed by atoms with Crippen LogP contribution in [0.2, 0.25) is 0 Å². The Bertz CT molecular complexity index is 519. The van der Waals surface area contributed by atoms with E-state index in [2.05, 4.69) is 47.0 Å².